The predicted molar refractivity (Wildman–Crippen MR) is 129 cm³/mol. The van der Waals surface area contributed by atoms with Crippen molar-refractivity contribution in [2.45, 2.75) is 4.90 Å². The first-order valence-corrected chi connectivity index (χ1v) is 11.1. The molecule has 0 radical (unpaired) electrons. The van der Waals surface area contributed by atoms with Crippen molar-refractivity contribution in [3.63, 3.8) is 0 Å². The van der Waals surface area contributed by atoms with E-state index in [1.807, 2.05) is 95.9 Å². The Morgan fingerprint density at radius 1 is 0.500 bits per heavy atom. The molecule has 0 aromatic heterocycles. The predicted octanol–water partition coefficient (Wildman–Crippen LogP) is 6.91. The lowest BCUT2D eigenvalue weighted by atomic mass is 9.91. The zero-order valence-corrected chi connectivity index (χ0v) is 18.0. The van der Waals surface area contributed by atoms with Crippen LogP contribution in [-0.2, 0) is 0 Å². The normalized spacial score (nSPS) is 13.1. The van der Waals surface area contributed by atoms with Crippen LogP contribution in [0.2, 0.25) is 0 Å². The van der Waals surface area contributed by atoms with Crippen molar-refractivity contribution >= 4 is 34.7 Å². The summed E-state index contributed by atoms with van der Waals surface area (Å²) in [5.41, 5.74) is 2.89. The average molecular weight is 434 g/mol. The largest absolute Gasteiger partial charge is 0.306 e. The van der Waals surface area contributed by atoms with Gasteiger partial charge in [0.1, 0.15) is 5.70 Å². The van der Waals surface area contributed by atoms with Crippen LogP contribution in [0.1, 0.15) is 20.7 Å². The number of carbonyl (C=O) groups excluding carboxylic acids is 2. The summed E-state index contributed by atoms with van der Waals surface area (Å²) in [5, 5.41) is 0. The second-order valence-corrected chi connectivity index (χ2v) is 8.39. The number of ketones is 2. The van der Waals surface area contributed by atoms with E-state index >= 15 is 0 Å². The lowest BCUT2D eigenvalue weighted by Gasteiger charge is -2.31. The van der Waals surface area contributed by atoms with Crippen LogP contribution in [-0.4, -0.2) is 11.6 Å². The van der Waals surface area contributed by atoms with Crippen LogP contribution >= 0.6 is 11.8 Å². The molecule has 0 saturated carbocycles. The van der Waals surface area contributed by atoms with Crippen molar-refractivity contribution in [3.05, 3.63) is 137 Å². The number of Topliss-reactive ketones (excluding diaryl/α,β-unsaturated/α-hetero) is 2. The Morgan fingerprint density at radius 2 is 0.938 bits per heavy atom. The molecule has 32 heavy (non-hydrogen) atoms. The molecule has 4 heteroatoms. The van der Waals surface area contributed by atoms with E-state index in [1.165, 1.54) is 11.8 Å². The molecule has 0 saturated heterocycles. The summed E-state index contributed by atoms with van der Waals surface area (Å²) in [5.74, 6) is -0.299. The Morgan fingerprint density at radius 3 is 1.47 bits per heavy atom. The molecule has 1 aliphatic carbocycles. The molecule has 3 nitrogen and oxygen atoms in total. The minimum Gasteiger partial charge on any atom is -0.306 e. The summed E-state index contributed by atoms with van der Waals surface area (Å²) < 4.78 is 0. The van der Waals surface area contributed by atoms with Gasteiger partial charge in [-0.25, -0.2) is 0 Å². The third kappa shape index (κ3) is 3.66. The number of fused-ring (bicyclic) bond motifs is 1. The van der Waals surface area contributed by atoms with Gasteiger partial charge in [0.2, 0.25) is 11.6 Å². The van der Waals surface area contributed by atoms with Gasteiger partial charge < -0.3 is 4.90 Å². The van der Waals surface area contributed by atoms with E-state index < -0.39 is 0 Å². The topological polar surface area (TPSA) is 37.4 Å². The summed E-state index contributed by atoms with van der Waals surface area (Å²) >= 11 is 1.33. The summed E-state index contributed by atoms with van der Waals surface area (Å²) in [6.07, 6.45) is 0. The zero-order valence-electron chi connectivity index (χ0n) is 17.1. The molecule has 0 unspecified atom stereocenters. The molecule has 4 aromatic carbocycles. The van der Waals surface area contributed by atoms with Crippen molar-refractivity contribution in [2.24, 2.45) is 0 Å². The fourth-order valence-corrected chi connectivity index (χ4v) is 4.82. The van der Waals surface area contributed by atoms with Gasteiger partial charge in [-0.1, -0.05) is 90.6 Å². The fraction of sp³-hybridized carbons (Fsp3) is 0. The Bertz CT molecular complexity index is 1280. The van der Waals surface area contributed by atoms with Gasteiger partial charge in [0.25, 0.3) is 0 Å². The van der Waals surface area contributed by atoms with E-state index in [2.05, 4.69) is 0 Å². The van der Waals surface area contributed by atoms with Gasteiger partial charge in [0.15, 0.2) is 0 Å². The highest BCUT2D eigenvalue weighted by molar-refractivity contribution is 8.04. The Labute approximate surface area is 191 Å². The third-order valence-corrected chi connectivity index (χ3v) is 6.36. The summed E-state index contributed by atoms with van der Waals surface area (Å²) in [6.45, 7) is 0. The number of para-hydroxylation sites is 2. The van der Waals surface area contributed by atoms with Gasteiger partial charge in [0, 0.05) is 27.4 Å². The summed E-state index contributed by atoms with van der Waals surface area (Å²) in [4.78, 5) is 30.8. The highest BCUT2D eigenvalue weighted by Crippen LogP contribution is 2.42. The van der Waals surface area contributed by atoms with E-state index in [1.54, 1.807) is 24.3 Å². The average Bonchev–Trinajstić information content (AvgIpc) is 2.86. The Hall–Kier alpha value is -3.89. The van der Waals surface area contributed by atoms with Crippen molar-refractivity contribution in [2.75, 3.05) is 4.90 Å². The van der Waals surface area contributed by atoms with Crippen LogP contribution in [0.4, 0.5) is 11.4 Å². The highest BCUT2D eigenvalue weighted by atomic mass is 32.2. The van der Waals surface area contributed by atoms with E-state index in [4.69, 9.17) is 0 Å². The van der Waals surface area contributed by atoms with E-state index in [9.17, 15) is 9.59 Å². The molecule has 5 rings (SSSR count). The first-order valence-electron chi connectivity index (χ1n) is 10.3. The van der Waals surface area contributed by atoms with Crippen LogP contribution in [0.5, 0.6) is 0 Å². The number of rotatable bonds is 5. The lowest BCUT2D eigenvalue weighted by molar-refractivity contribution is 0.0980. The Kier molecular flexibility index (Phi) is 5.44. The van der Waals surface area contributed by atoms with Crippen LogP contribution in [0.3, 0.4) is 0 Å². The molecule has 0 N–H and O–H groups in total. The maximum atomic E-state index is 13.9. The van der Waals surface area contributed by atoms with Crippen LogP contribution in [0.15, 0.2) is 131 Å². The van der Waals surface area contributed by atoms with Crippen molar-refractivity contribution in [3.8, 4) is 0 Å². The smallest absolute Gasteiger partial charge is 0.211 e. The molecule has 0 fully saturated rings. The van der Waals surface area contributed by atoms with Crippen LogP contribution < -0.4 is 4.90 Å². The molecule has 4 aromatic rings. The molecule has 0 heterocycles. The van der Waals surface area contributed by atoms with Crippen LogP contribution in [0.25, 0.3) is 0 Å². The van der Waals surface area contributed by atoms with Crippen molar-refractivity contribution in [1.29, 1.82) is 0 Å². The quantitative estimate of drug-likeness (QED) is 0.343. The highest BCUT2D eigenvalue weighted by Gasteiger charge is 2.36. The molecular formula is C28H19NO2S. The van der Waals surface area contributed by atoms with Crippen LogP contribution in [0, 0.1) is 0 Å². The molecule has 0 spiro atoms. The van der Waals surface area contributed by atoms with Gasteiger partial charge >= 0.3 is 0 Å². The first kappa shape index (κ1) is 20.0. The maximum Gasteiger partial charge on any atom is 0.211 e. The molecule has 0 bridgehead atoms. The number of hydrogen-bond donors (Lipinski definition) is 0. The van der Waals surface area contributed by atoms with E-state index in [-0.39, 0.29) is 11.6 Å². The zero-order chi connectivity index (χ0) is 21.9. The Balaban J connectivity index is 1.78. The number of anilines is 2. The van der Waals surface area contributed by atoms with Gasteiger partial charge in [-0.15, -0.1) is 0 Å². The fourth-order valence-electron chi connectivity index (χ4n) is 3.81. The third-order valence-electron chi connectivity index (χ3n) is 5.27. The van der Waals surface area contributed by atoms with E-state index in [0.29, 0.717) is 21.7 Å². The van der Waals surface area contributed by atoms with Gasteiger partial charge in [-0.05, 0) is 36.4 Å². The van der Waals surface area contributed by atoms with Gasteiger partial charge in [0.05, 0.1) is 4.91 Å². The SMILES string of the molecule is O=C1C(Sc2ccccc2)=C(N(c2ccccc2)c2ccccc2)C(=O)c2ccccc21. The number of thioether (sulfide) groups is 1. The number of benzene rings is 4. The van der Waals surface area contributed by atoms with Gasteiger partial charge in [-0.2, -0.15) is 0 Å². The summed E-state index contributed by atoms with van der Waals surface area (Å²) in [7, 11) is 0. The van der Waals surface area contributed by atoms with E-state index in [0.717, 1.165) is 16.3 Å². The number of nitrogens with zero attached hydrogens (tertiary/aromatic N) is 1. The molecule has 0 amide bonds. The molecule has 1 aliphatic rings. The lowest BCUT2D eigenvalue weighted by Crippen LogP contribution is -2.31. The van der Waals surface area contributed by atoms with Crippen molar-refractivity contribution < 1.29 is 9.59 Å². The number of allylic oxidation sites excluding steroid dienone is 2. The van der Waals surface area contributed by atoms with Crippen molar-refractivity contribution in [1.82, 2.24) is 0 Å². The molecule has 154 valence electrons. The minimum atomic E-state index is -0.161. The van der Waals surface area contributed by atoms with Gasteiger partial charge in [-0.3, -0.25) is 9.59 Å². The molecule has 0 aliphatic heterocycles. The molecular weight excluding hydrogens is 414 g/mol. The maximum absolute atomic E-state index is 13.9. The second kappa shape index (κ2) is 8.69. The standard InChI is InChI=1S/C28H19NO2S/c30-26-23-18-10-11-19-24(23)27(31)28(32-22-16-8-3-9-17-22)25(26)29(20-12-4-1-5-13-20)21-14-6-2-7-15-21/h1-19H. The second-order valence-electron chi connectivity index (χ2n) is 7.30. The minimum absolute atomic E-state index is 0.138. The first-order chi connectivity index (χ1) is 15.7. The molecule has 0 atom stereocenters. The summed E-state index contributed by atoms with van der Waals surface area (Å²) in [6, 6.07) is 36.1. The number of hydrogen-bond acceptors (Lipinski definition) is 4. The number of carbonyl (C=O) groups is 2. The monoisotopic (exact) mass is 433 g/mol.